The Morgan fingerprint density at radius 3 is 2.03 bits per heavy atom. The van der Waals surface area contributed by atoms with Crippen LogP contribution in [0.3, 0.4) is 0 Å². The smallest absolute Gasteiger partial charge is 0.404 e. The summed E-state index contributed by atoms with van der Waals surface area (Å²) in [6.07, 6.45) is 9.11. The van der Waals surface area contributed by atoms with E-state index in [-0.39, 0.29) is 29.6 Å². The SMILES string of the molecule is C=C/C=C/C(C)C(OC(N)=O)C(C)C(O)C(C)C/C(C)=C/C(C)C(O)C(C)/C=C/C(O)CC(C)C. The van der Waals surface area contributed by atoms with Crippen LogP contribution in [0.5, 0.6) is 0 Å². The Morgan fingerprint density at radius 2 is 1.51 bits per heavy atom. The van der Waals surface area contributed by atoms with Gasteiger partial charge < -0.3 is 25.8 Å². The monoisotopic (exact) mass is 493 g/mol. The van der Waals surface area contributed by atoms with Gasteiger partial charge in [0.15, 0.2) is 0 Å². The van der Waals surface area contributed by atoms with Gasteiger partial charge in [0.25, 0.3) is 0 Å². The molecule has 0 rings (SSSR count). The largest absolute Gasteiger partial charge is 0.445 e. The van der Waals surface area contributed by atoms with E-state index in [1.807, 2.05) is 59.8 Å². The summed E-state index contributed by atoms with van der Waals surface area (Å²) in [4.78, 5) is 11.5. The number of nitrogens with two attached hydrogens (primary N) is 1. The van der Waals surface area contributed by atoms with E-state index < -0.39 is 30.5 Å². The Kier molecular flexibility index (Phi) is 15.8. The first-order valence-electron chi connectivity index (χ1n) is 12.9. The molecule has 202 valence electrons. The minimum absolute atomic E-state index is 0.0892. The second kappa shape index (κ2) is 16.7. The zero-order valence-corrected chi connectivity index (χ0v) is 23.1. The number of carbonyl (C=O) groups excluding carboxylic acids is 1. The molecule has 0 aromatic carbocycles. The van der Waals surface area contributed by atoms with Gasteiger partial charge in [0.1, 0.15) is 6.10 Å². The molecule has 0 saturated heterocycles. The van der Waals surface area contributed by atoms with Gasteiger partial charge in [-0.1, -0.05) is 97.1 Å². The zero-order chi connectivity index (χ0) is 27.3. The Labute approximate surface area is 213 Å². The highest BCUT2D eigenvalue weighted by Crippen LogP contribution is 2.29. The van der Waals surface area contributed by atoms with Crippen LogP contribution in [0.25, 0.3) is 0 Å². The van der Waals surface area contributed by atoms with Crippen molar-refractivity contribution in [1.82, 2.24) is 0 Å². The molecule has 1 amide bonds. The molecule has 0 heterocycles. The molecule has 9 unspecified atom stereocenters. The van der Waals surface area contributed by atoms with Gasteiger partial charge in [-0.3, -0.25) is 0 Å². The fraction of sp³-hybridized carbons (Fsp3) is 0.690. The molecule has 0 aliphatic carbocycles. The van der Waals surface area contributed by atoms with Crippen LogP contribution in [0.1, 0.15) is 68.2 Å². The first kappa shape index (κ1) is 33.1. The number of rotatable bonds is 16. The molecule has 35 heavy (non-hydrogen) atoms. The molecule has 0 radical (unpaired) electrons. The first-order chi connectivity index (χ1) is 16.2. The summed E-state index contributed by atoms with van der Waals surface area (Å²) in [5.41, 5.74) is 6.35. The number of carbonyl (C=O) groups is 1. The molecule has 6 nitrogen and oxygen atoms in total. The number of hydrogen-bond acceptors (Lipinski definition) is 5. The van der Waals surface area contributed by atoms with Crippen molar-refractivity contribution in [1.29, 1.82) is 0 Å². The van der Waals surface area contributed by atoms with Crippen molar-refractivity contribution in [2.24, 2.45) is 41.2 Å². The van der Waals surface area contributed by atoms with Crippen LogP contribution in [0.15, 0.2) is 48.6 Å². The first-order valence-corrected chi connectivity index (χ1v) is 12.9. The van der Waals surface area contributed by atoms with Crippen LogP contribution in [-0.4, -0.2) is 45.8 Å². The van der Waals surface area contributed by atoms with Gasteiger partial charge in [-0.2, -0.15) is 0 Å². The summed E-state index contributed by atoms with van der Waals surface area (Å²) in [5, 5.41) is 31.8. The van der Waals surface area contributed by atoms with Crippen molar-refractivity contribution in [3.8, 4) is 0 Å². The van der Waals surface area contributed by atoms with E-state index >= 15 is 0 Å². The van der Waals surface area contributed by atoms with Gasteiger partial charge in [-0.25, -0.2) is 4.79 Å². The molecule has 0 fully saturated rings. The number of allylic oxidation sites excluding steroid dienone is 3. The molecular formula is C29H51NO5. The van der Waals surface area contributed by atoms with Crippen LogP contribution in [0.4, 0.5) is 4.79 Å². The topological polar surface area (TPSA) is 113 Å². The average Bonchev–Trinajstić information content (AvgIpc) is 2.76. The van der Waals surface area contributed by atoms with Gasteiger partial charge in [-0.15, -0.1) is 0 Å². The van der Waals surface area contributed by atoms with Crippen molar-refractivity contribution in [2.75, 3.05) is 0 Å². The van der Waals surface area contributed by atoms with Crippen LogP contribution in [0, 0.1) is 35.5 Å². The van der Waals surface area contributed by atoms with Gasteiger partial charge >= 0.3 is 6.09 Å². The highest BCUT2D eigenvalue weighted by Gasteiger charge is 2.33. The summed E-state index contributed by atoms with van der Waals surface area (Å²) < 4.78 is 5.35. The van der Waals surface area contributed by atoms with Crippen LogP contribution in [-0.2, 0) is 4.74 Å². The molecule has 0 saturated carbocycles. The summed E-state index contributed by atoms with van der Waals surface area (Å²) in [5.74, 6) is -0.352. The maximum atomic E-state index is 11.5. The minimum atomic E-state index is -0.862. The Bertz CT molecular complexity index is 714. The lowest BCUT2D eigenvalue weighted by Crippen LogP contribution is -2.41. The molecule has 0 aliphatic heterocycles. The lowest BCUT2D eigenvalue weighted by molar-refractivity contribution is -0.0266. The highest BCUT2D eigenvalue weighted by atomic mass is 16.6. The number of hydrogen-bond donors (Lipinski definition) is 4. The maximum absolute atomic E-state index is 11.5. The van der Waals surface area contributed by atoms with Gasteiger partial charge in [0, 0.05) is 23.7 Å². The van der Waals surface area contributed by atoms with E-state index in [1.165, 1.54) is 0 Å². The second-order valence-corrected chi connectivity index (χ2v) is 10.7. The number of aliphatic hydroxyl groups excluding tert-OH is 3. The molecule has 0 bridgehead atoms. The van der Waals surface area contributed by atoms with E-state index in [0.717, 1.165) is 5.57 Å². The second-order valence-electron chi connectivity index (χ2n) is 10.7. The number of primary amides is 1. The van der Waals surface area contributed by atoms with Gasteiger partial charge in [0.2, 0.25) is 0 Å². The van der Waals surface area contributed by atoms with Crippen LogP contribution >= 0.6 is 0 Å². The van der Waals surface area contributed by atoms with E-state index in [4.69, 9.17) is 10.5 Å². The number of amides is 1. The third kappa shape index (κ3) is 13.1. The average molecular weight is 494 g/mol. The molecule has 9 atom stereocenters. The summed E-state index contributed by atoms with van der Waals surface area (Å²) in [6.45, 7) is 19.4. The maximum Gasteiger partial charge on any atom is 0.404 e. The lowest BCUT2D eigenvalue weighted by atomic mass is 9.81. The molecule has 5 N–H and O–H groups in total. The van der Waals surface area contributed by atoms with Crippen molar-refractivity contribution >= 4 is 6.09 Å². The molecule has 0 aromatic heterocycles. The van der Waals surface area contributed by atoms with Crippen LogP contribution < -0.4 is 5.73 Å². The summed E-state index contributed by atoms with van der Waals surface area (Å²) in [6, 6.07) is 0. The minimum Gasteiger partial charge on any atom is -0.445 e. The van der Waals surface area contributed by atoms with E-state index in [1.54, 1.807) is 18.2 Å². The fourth-order valence-corrected chi connectivity index (χ4v) is 4.61. The molecular weight excluding hydrogens is 442 g/mol. The van der Waals surface area contributed by atoms with Gasteiger partial charge in [-0.05, 0) is 31.6 Å². The van der Waals surface area contributed by atoms with Crippen LogP contribution in [0.2, 0.25) is 0 Å². The van der Waals surface area contributed by atoms with Crippen molar-refractivity contribution in [3.63, 3.8) is 0 Å². The summed E-state index contributed by atoms with van der Waals surface area (Å²) in [7, 11) is 0. The Hall–Kier alpha value is -1.89. The van der Waals surface area contributed by atoms with Gasteiger partial charge in [0.05, 0.1) is 18.3 Å². The zero-order valence-electron chi connectivity index (χ0n) is 23.1. The van der Waals surface area contributed by atoms with E-state index in [2.05, 4.69) is 20.4 Å². The number of ether oxygens (including phenoxy) is 1. The number of aliphatic hydroxyl groups is 3. The molecule has 0 aliphatic rings. The Balaban J connectivity index is 5.18. The predicted octanol–water partition coefficient (Wildman–Crippen LogP) is 5.39. The predicted molar refractivity (Wildman–Crippen MR) is 145 cm³/mol. The van der Waals surface area contributed by atoms with Crippen molar-refractivity contribution in [2.45, 2.75) is 92.6 Å². The fourth-order valence-electron chi connectivity index (χ4n) is 4.61. The molecule has 0 aromatic rings. The molecule has 0 spiro atoms. The molecule has 6 heteroatoms. The Morgan fingerprint density at radius 1 is 0.914 bits per heavy atom. The normalized spacial score (nSPS) is 20.7. The lowest BCUT2D eigenvalue weighted by Gasteiger charge is -2.33. The van der Waals surface area contributed by atoms with Crippen molar-refractivity contribution < 1.29 is 24.9 Å². The quantitative estimate of drug-likeness (QED) is 0.170. The summed E-state index contributed by atoms with van der Waals surface area (Å²) >= 11 is 0. The standard InChI is InChI=1S/C29H51NO5/c1-10-11-12-21(6)28(35-29(30)34)24(9)27(33)23(8)17-19(4)16-22(7)26(32)20(5)13-14-25(31)15-18(2)3/h10-14,16,18,20-28,31-33H,1,15,17H2,2-9H3,(H2,30,34)/b12-11+,14-13+,19-16+. The van der Waals surface area contributed by atoms with E-state index in [0.29, 0.717) is 18.8 Å². The highest BCUT2D eigenvalue weighted by molar-refractivity contribution is 5.64. The third-order valence-corrected chi connectivity index (χ3v) is 6.58. The van der Waals surface area contributed by atoms with Crippen molar-refractivity contribution in [3.05, 3.63) is 48.6 Å². The van der Waals surface area contributed by atoms with E-state index in [9.17, 15) is 20.1 Å². The third-order valence-electron chi connectivity index (χ3n) is 6.58.